The molecule has 2 atom stereocenters. The van der Waals surface area contributed by atoms with E-state index in [4.69, 9.17) is 19.8 Å². The van der Waals surface area contributed by atoms with Gasteiger partial charge in [0.25, 0.3) is 0 Å². The lowest BCUT2D eigenvalue weighted by Crippen LogP contribution is -2.53. The van der Waals surface area contributed by atoms with Crippen molar-refractivity contribution in [3.63, 3.8) is 0 Å². The van der Waals surface area contributed by atoms with Crippen molar-refractivity contribution in [2.24, 2.45) is 0 Å². The van der Waals surface area contributed by atoms with Gasteiger partial charge in [-0.1, -0.05) is 146 Å². The van der Waals surface area contributed by atoms with Gasteiger partial charge < -0.3 is 25.4 Å². The molecule has 0 saturated heterocycles. The van der Waals surface area contributed by atoms with Crippen LogP contribution >= 0.6 is 0 Å². The van der Waals surface area contributed by atoms with Crippen LogP contribution in [0.25, 0.3) is 22.5 Å². The number of amides is 2. The van der Waals surface area contributed by atoms with Gasteiger partial charge >= 0.3 is 6.09 Å². The molecule has 1 aromatic heterocycles. The van der Waals surface area contributed by atoms with Crippen LogP contribution in [0.5, 0.6) is 5.75 Å². The van der Waals surface area contributed by atoms with Crippen LogP contribution in [0.15, 0.2) is 158 Å². The number of aryl methyl sites for hydroxylation is 1. The van der Waals surface area contributed by atoms with Crippen molar-refractivity contribution in [3.8, 4) is 28.3 Å². The average Bonchev–Trinajstić information content (AvgIpc) is 3.72. The number of methoxy groups -OCH3 is 1. The fourth-order valence-electron chi connectivity index (χ4n) is 8.88. The van der Waals surface area contributed by atoms with Gasteiger partial charge in [0.15, 0.2) is 11.6 Å². The Bertz CT molecular complexity index is 2710. The van der Waals surface area contributed by atoms with Crippen LogP contribution in [0.1, 0.15) is 80.1 Å². The Kier molecular flexibility index (Phi) is 12.9. The molecule has 3 N–H and O–H groups in total. The van der Waals surface area contributed by atoms with Crippen LogP contribution in [0.3, 0.4) is 0 Å². The predicted molar refractivity (Wildman–Crippen MR) is 256 cm³/mol. The van der Waals surface area contributed by atoms with Crippen molar-refractivity contribution in [2.45, 2.75) is 82.6 Å². The summed E-state index contributed by atoms with van der Waals surface area (Å²) in [7, 11) is 1.60. The quantitative estimate of drug-likeness (QED) is 0.0761. The van der Waals surface area contributed by atoms with E-state index in [1.807, 2.05) is 126 Å². The normalized spacial score (nSPS) is 15.1. The molecule has 0 spiro atoms. The molecule has 0 saturated carbocycles. The van der Waals surface area contributed by atoms with Gasteiger partial charge in [0.05, 0.1) is 13.2 Å². The third-order valence-corrected chi connectivity index (χ3v) is 11.8. The van der Waals surface area contributed by atoms with Gasteiger partial charge in [0.2, 0.25) is 5.91 Å². The average molecular weight is 882 g/mol. The first-order chi connectivity index (χ1) is 31.8. The van der Waals surface area contributed by atoms with Crippen LogP contribution < -0.4 is 20.7 Å². The van der Waals surface area contributed by atoms with E-state index in [2.05, 4.69) is 57.6 Å². The highest BCUT2D eigenvalue weighted by atomic mass is 16.6. The number of aromatic nitrogens is 4. The number of benzene rings is 6. The molecule has 0 aliphatic carbocycles. The number of hydrogen-bond acceptors (Lipinski definition) is 9. The van der Waals surface area contributed by atoms with Crippen LogP contribution in [0.4, 0.5) is 10.5 Å². The number of hydrogen-bond donors (Lipinski definition) is 3. The van der Waals surface area contributed by atoms with Gasteiger partial charge in [-0.2, -0.15) is 0 Å². The number of ether oxygens (including phenoxy) is 2. The summed E-state index contributed by atoms with van der Waals surface area (Å²) in [6.45, 7) is 8.87. The summed E-state index contributed by atoms with van der Waals surface area (Å²) in [5, 5.41) is 23.2. The van der Waals surface area contributed by atoms with Crippen LogP contribution in [-0.4, -0.2) is 68.3 Å². The standard InChI is InChI=1S/C54H55N7O5/c1-52(2,3)66-51(64)57-53(4,5)35-47(62)55-45-33-31-37-30-32-42(65-6)34-46(37)56-48(45)49(63)38-28-26-36(27-29-38)43-24-16-17-25-44(43)50-58-59-60-61(50)54(39-18-10-7-11-19-39,40-20-12-8-13-21-40)41-22-14-9-15-23-41/h7-30,32,34,45,48,56H,31,33,35H2,1-6H3,(H,55,62)(H,57,64). The molecule has 0 fully saturated rings. The van der Waals surface area contributed by atoms with Gasteiger partial charge in [-0.25, -0.2) is 9.48 Å². The second kappa shape index (κ2) is 18.9. The Morgan fingerprint density at radius 3 is 1.88 bits per heavy atom. The highest BCUT2D eigenvalue weighted by Crippen LogP contribution is 2.43. The molecule has 6 aromatic carbocycles. The zero-order chi connectivity index (χ0) is 46.5. The first-order valence-electron chi connectivity index (χ1n) is 22.2. The van der Waals surface area contributed by atoms with Gasteiger partial charge in [-0.3, -0.25) is 9.59 Å². The molecular weight excluding hydrogens is 827 g/mol. The maximum atomic E-state index is 14.8. The number of nitrogens with zero attached hydrogens (tertiary/aromatic N) is 4. The number of carbonyl (C=O) groups excluding carboxylic acids is 3. The Morgan fingerprint density at radius 2 is 1.30 bits per heavy atom. The molecule has 2 heterocycles. The van der Waals surface area contributed by atoms with Crippen molar-refractivity contribution in [1.82, 2.24) is 30.8 Å². The van der Waals surface area contributed by atoms with E-state index >= 15 is 0 Å². The highest BCUT2D eigenvalue weighted by molar-refractivity contribution is 6.03. The molecule has 0 bridgehead atoms. The summed E-state index contributed by atoms with van der Waals surface area (Å²) >= 11 is 0. The summed E-state index contributed by atoms with van der Waals surface area (Å²) in [4.78, 5) is 41.2. The zero-order valence-corrected chi connectivity index (χ0v) is 38.1. The Balaban J connectivity index is 1.13. The first kappa shape index (κ1) is 45.0. The number of carbonyl (C=O) groups is 3. The highest BCUT2D eigenvalue weighted by Gasteiger charge is 2.42. The lowest BCUT2D eigenvalue weighted by atomic mass is 9.77. The third kappa shape index (κ3) is 9.58. The maximum Gasteiger partial charge on any atom is 0.408 e. The summed E-state index contributed by atoms with van der Waals surface area (Å²) in [5.74, 6) is 0.702. The number of anilines is 1. The third-order valence-electron chi connectivity index (χ3n) is 11.8. The van der Waals surface area contributed by atoms with Gasteiger partial charge in [0.1, 0.15) is 22.9 Å². The zero-order valence-electron chi connectivity index (χ0n) is 38.1. The lowest BCUT2D eigenvalue weighted by molar-refractivity contribution is -0.123. The van der Waals surface area contributed by atoms with E-state index in [1.54, 1.807) is 41.7 Å². The Labute approximate surface area is 385 Å². The number of nitrogens with one attached hydrogen (secondary N) is 3. The number of rotatable bonds is 13. The molecule has 7 aromatic rings. The van der Waals surface area contributed by atoms with E-state index in [0.717, 1.165) is 44.6 Å². The minimum atomic E-state index is -0.948. The van der Waals surface area contributed by atoms with E-state index in [-0.39, 0.29) is 18.1 Å². The molecule has 2 amide bonds. The van der Waals surface area contributed by atoms with Gasteiger partial charge in [-0.05, 0) is 97.3 Å². The fourth-order valence-corrected chi connectivity index (χ4v) is 8.88. The molecule has 12 heteroatoms. The molecule has 336 valence electrons. The summed E-state index contributed by atoms with van der Waals surface area (Å²) in [5.41, 5.74) is 5.15. The molecule has 1 aliphatic heterocycles. The molecule has 8 rings (SSSR count). The summed E-state index contributed by atoms with van der Waals surface area (Å²) < 4.78 is 12.9. The van der Waals surface area contributed by atoms with Crippen molar-refractivity contribution < 1.29 is 23.9 Å². The second-order valence-corrected chi connectivity index (χ2v) is 18.3. The van der Waals surface area contributed by atoms with Crippen molar-refractivity contribution >= 4 is 23.5 Å². The second-order valence-electron chi connectivity index (χ2n) is 18.3. The monoisotopic (exact) mass is 881 g/mol. The molecule has 2 unspecified atom stereocenters. The predicted octanol–water partition coefficient (Wildman–Crippen LogP) is 9.64. The molecular formula is C54H55N7O5. The van der Waals surface area contributed by atoms with Crippen LogP contribution in [0, 0.1) is 0 Å². The number of ketones is 1. The topological polar surface area (TPSA) is 149 Å². The van der Waals surface area contributed by atoms with E-state index in [9.17, 15) is 14.4 Å². The number of alkyl carbamates (subject to hydrolysis) is 1. The minimum Gasteiger partial charge on any atom is -0.497 e. The van der Waals surface area contributed by atoms with Crippen molar-refractivity contribution in [2.75, 3.05) is 12.4 Å². The molecule has 0 radical (unpaired) electrons. The maximum absolute atomic E-state index is 14.8. The molecule has 66 heavy (non-hydrogen) atoms. The Morgan fingerprint density at radius 1 is 0.727 bits per heavy atom. The van der Waals surface area contributed by atoms with Crippen LogP contribution in [0.2, 0.25) is 0 Å². The number of fused-ring (bicyclic) bond motifs is 1. The SMILES string of the molecule is COc1ccc2c(c1)NC(C(=O)c1ccc(-c3ccccc3-c3nnnn3C(c3ccccc3)(c3ccccc3)c3ccccc3)cc1)C(NC(=O)CC(C)(C)NC(=O)OC(C)(C)C)CC2. The van der Waals surface area contributed by atoms with E-state index in [0.29, 0.717) is 30.0 Å². The minimum absolute atomic E-state index is 0.0367. The molecule has 12 nitrogen and oxygen atoms in total. The van der Waals surface area contributed by atoms with Gasteiger partial charge in [0, 0.05) is 34.8 Å². The van der Waals surface area contributed by atoms with Crippen molar-refractivity contribution in [3.05, 3.63) is 186 Å². The van der Waals surface area contributed by atoms with Gasteiger partial charge in [-0.15, -0.1) is 5.10 Å². The lowest BCUT2D eigenvalue weighted by Gasteiger charge is -2.36. The van der Waals surface area contributed by atoms with E-state index < -0.39 is 34.9 Å². The largest absolute Gasteiger partial charge is 0.497 e. The van der Waals surface area contributed by atoms with Crippen molar-refractivity contribution in [1.29, 1.82) is 0 Å². The summed E-state index contributed by atoms with van der Waals surface area (Å²) in [6, 6.07) is 50.6. The van der Waals surface area contributed by atoms with E-state index in [1.165, 1.54) is 0 Å². The number of tetrazole rings is 1. The fraction of sp³-hybridized carbons (Fsp3) is 0.259. The van der Waals surface area contributed by atoms with Crippen LogP contribution in [-0.2, 0) is 21.5 Å². The molecule has 1 aliphatic rings. The number of Topliss-reactive ketones (excluding diaryl/α,β-unsaturated/α-hetero) is 1. The first-order valence-corrected chi connectivity index (χ1v) is 22.2. The smallest absolute Gasteiger partial charge is 0.408 e. The summed E-state index contributed by atoms with van der Waals surface area (Å²) in [6.07, 6.45) is 0.449. The Hall–Kier alpha value is -7.60.